The second kappa shape index (κ2) is 5.01. The number of para-hydroxylation sites is 1. The molecule has 1 aromatic heterocycles. The molecule has 23 heavy (non-hydrogen) atoms. The van der Waals surface area contributed by atoms with Crippen molar-refractivity contribution in [1.82, 2.24) is 14.8 Å². The van der Waals surface area contributed by atoms with Crippen molar-refractivity contribution in [3.63, 3.8) is 0 Å². The molecule has 0 bridgehead atoms. The van der Waals surface area contributed by atoms with E-state index in [0.29, 0.717) is 23.5 Å². The highest BCUT2D eigenvalue weighted by Crippen LogP contribution is 2.41. The Labute approximate surface area is 131 Å². The highest BCUT2D eigenvalue weighted by Gasteiger charge is 2.38. The summed E-state index contributed by atoms with van der Waals surface area (Å²) in [6, 6.07) is 5.85. The molecule has 1 aliphatic heterocycles. The molecule has 1 N–H and O–H groups in total. The zero-order valence-electron chi connectivity index (χ0n) is 12.1. The van der Waals surface area contributed by atoms with Crippen LogP contribution in [0, 0.1) is 10.1 Å². The average molecular weight is 311 g/mol. The highest BCUT2D eigenvalue weighted by molar-refractivity contribution is 5.99. The molecule has 1 atom stereocenters. The van der Waals surface area contributed by atoms with E-state index in [1.165, 1.54) is 12.4 Å². The van der Waals surface area contributed by atoms with Crippen LogP contribution < -0.4 is 5.32 Å². The van der Waals surface area contributed by atoms with Crippen LogP contribution in [0.3, 0.4) is 0 Å². The van der Waals surface area contributed by atoms with Crippen molar-refractivity contribution in [2.24, 2.45) is 0 Å². The van der Waals surface area contributed by atoms with Crippen molar-refractivity contribution in [3.05, 3.63) is 57.5 Å². The zero-order valence-corrected chi connectivity index (χ0v) is 12.1. The minimum atomic E-state index is -0.613. The number of rotatable bonds is 2. The Balaban J connectivity index is 1.97. The number of hydrogen-bond donors (Lipinski definition) is 1. The normalized spacial score (nSPS) is 19.8. The lowest BCUT2D eigenvalue weighted by Gasteiger charge is -2.31. The molecule has 8 heteroatoms. The molecular formula is C15H13N5O3. The molecule has 0 saturated carbocycles. The highest BCUT2D eigenvalue weighted by atomic mass is 16.6. The first-order valence-electron chi connectivity index (χ1n) is 7.33. The van der Waals surface area contributed by atoms with E-state index in [1.54, 1.807) is 22.9 Å². The average Bonchev–Trinajstić information content (AvgIpc) is 3.01. The number of allylic oxidation sites excluding steroid dienone is 2. The SMILES string of the molecule is O=C1CCCC2=C1[C@@H](c1ccccc1[N+](=O)[O-])n1ncnc1N2. The minimum absolute atomic E-state index is 0.00283. The molecule has 8 nitrogen and oxygen atoms in total. The molecule has 2 aliphatic rings. The number of carbonyl (C=O) groups is 1. The van der Waals surface area contributed by atoms with Gasteiger partial charge in [-0.25, -0.2) is 4.68 Å². The van der Waals surface area contributed by atoms with Gasteiger partial charge in [0.2, 0.25) is 5.95 Å². The van der Waals surface area contributed by atoms with Crippen LogP contribution in [-0.4, -0.2) is 25.5 Å². The van der Waals surface area contributed by atoms with Crippen LogP contribution in [0.25, 0.3) is 0 Å². The largest absolute Gasteiger partial charge is 0.328 e. The Bertz CT molecular complexity index is 854. The van der Waals surface area contributed by atoms with E-state index in [-0.39, 0.29) is 11.5 Å². The van der Waals surface area contributed by atoms with Crippen LogP contribution >= 0.6 is 0 Å². The maximum Gasteiger partial charge on any atom is 0.275 e. The van der Waals surface area contributed by atoms with Crippen molar-refractivity contribution in [3.8, 4) is 0 Å². The molecular weight excluding hydrogens is 298 g/mol. The maximum absolute atomic E-state index is 12.5. The van der Waals surface area contributed by atoms with Gasteiger partial charge in [-0.1, -0.05) is 12.1 Å². The van der Waals surface area contributed by atoms with Crippen molar-refractivity contribution >= 4 is 17.4 Å². The molecule has 2 heterocycles. The predicted octanol–water partition coefficient (Wildman–Crippen LogP) is 2.21. The van der Waals surface area contributed by atoms with Gasteiger partial charge >= 0.3 is 0 Å². The van der Waals surface area contributed by atoms with Crippen LogP contribution in [-0.2, 0) is 4.79 Å². The van der Waals surface area contributed by atoms with Crippen molar-refractivity contribution in [2.75, 3.05) is 5.32 Å². The Morgan fingerprint density at radius 2 is 2.13 bits per heavy atom. The van der Waals surface area contributed by atoms with Crippen molar-refractivity contribution in [1.29, 1.82) is 0 Å². The number of aromatic nitrogens is 3. The third kappa shape index (κ3) is 2.02. The number of nitro groups is 1. The molecule has 1 aromatic carbocycles. The topological polar surface area (TPSA) is 103 Å². The maximum atomic E-state index is 12.5. The number of ketones is 1. The second-order valence-electron chi connectivity index (χ2n) is 5.54. The van der Waals surface area contributed by atoms with Crippen LogP contribution in [0.5, 0.6) is 0 Å². The number of fused-ring (bicyclic) bond motifs is 1. The number of hydrogen-bond acceptors (Lipinski definition) is 6. The zero-order chi connectivity index (χ0) is 16.0. The number of Topliss-reactive ketones (excluding diaryl/α,β-unsaturated/α-hetero) is 1. The van der Waals surface area contributed by atoms with Crippen LogP contribution in [0.1, 0.15) is 30.9 Å². The van der Waals surface area contributed by atoms with E-state index in [9.17, 15) is 14.9 Å². The van der Waals surface area contributed by atoms with Gasteiger partial charge in [-0.15, -0.1) is 0 Å². The standard InChI is InChI=1S/C15H13N5O3/c21-12-7-3-5-10-13(12)14(19-15(18-10)16-8-17-19)9-4-1-2-6-11(9)20(22)23/h1-2,4,6,8,14H,3,5,7H2,(H,16,17,18)/t14-/m1/s1. The van der Waals surface area contributed by atoms with Gasteiger partial charge in [-0.05, 0) is 18.9 Å². The third-order valence-electron chi connectivity index (χ3n) is 4.24. The molecule has 4 rings (SSSR count). The van der Waals surface area contributed by atoms with Gasteiger partial charge in [0.1, 0.15) is 12.4 Å². The van der Waals surface area contributed by atoms with Gasteiger partial charge in [0.25, 0.3) is 5.69 Å². The lowest BCUT2D eigenvalue weighted by Crippen LogP contribution is -2.31. The second-order valence-corrected chi connectivity index (χ2v) is 5.54. The molecule has 1 aliphatic carbocycles. The van der Waals surface area contributed by atoms with Crippen LogP contribution in [0.4, 0.5) is 11.6 Å². The summed E-state index contributed by atoms with van der Waals surface area (Å²) in [7, 11) is 0. The van der Waals surface area contributed by atoms with E-state index >= 15 is 0 Å². The minimum Gasteiger partial charge on any atom is -0.328 e. The quantitative estimate of drug-likeness (QED) is 0.673. The fourth-order valence-corrected chi connectivity index (χ4v) is 3.27. The molecule has 2 aromatic rings. The summed E-state index contributed by atoms with van der Waals surface area (Å²) in [6.07, 6.45) is 3.32. The third-order valence-corrected chi connectivity index (χ3v) is 4.24. The number of nitrogens with zero attached hydrogens (tertiary/aromatic N) is 4. The summed E-state index contributed by atoms with van der Waals surface area (Å²) in [5.74, 6) is 0.504. The number of benzene rings is 1. The molecule has 116 valence electrons. The summed E-state index contributed by atoms with van der Waals surface area (Å²) in [5, 5.41) is 18.7. The first-order valence-corrected chi connectivity index (χ1v) is 7.33. The fraction of sp³-hybridized carbons (Fsp3) is 0.267. The first kappa shape index (κ1) is 13.6. The summed E-state index contributed by atoms with van der Waals surface area (Å²) in [4.78, 5) is 27.6. The van der Waals surface area contributed by atoms with E-state index in [4.69, 9.17) is 0 Å². The Hall–Kier alpha value is -3.03. The predicted molar refractivity (Wildman–Crippen MR) is 80.8 cm³/mol. The smallest absolute Gasteiger partial charge is 0.275 e. The van der Waals surface area contributed by atoms with Gasteiger partial charge in [-0.2, -0.15) is 10.1 Å². The molecule has 0 unspecified atom stereocenters. The monoisotopic (exact) mass is 311 g/mol. The molecule has 0 fully saturated rings. The first-order chi connectivity index (χ1) is 11.2. The Morgan fingerprint density at radius 3 is 2.96 bits per heavy atom. The van der Waals surface area contributed by atoms with E-state index in [0.717, 1.165) is 18.5 Å². The summed E-state index contributed by atoms with van der Waals surface area (Å²) in [6.45, 7) is 0. The Morgan fingerprint density at radius 1 is 1.30 bits per heavy atom. The van der Waals surface area contributed by atoms with Gasteiger partial charge in [0.05, 0.1) is 10.5 Å². The number of nitrogens with one attached hydrogen (secondary N) is 1. The summed E-state index contributed by atoms with van der Waals surface area (Å²) < 4.78 is 1.55. The van der Waals surface area contributed by atoms with Gasteiger partial charge in [-0.3, -0.25) is 14.9 Å². The van der Waals surface area contributed by atoms with Crippen molar-refractivity contribution in [2.45, 2.75) is 25.3 Å². The molecule has 0 saturated heterocycles. The molecule has 0 spiro atoms. The van der Waals surface area contributed by atoms with Gasteiger partial charge in [0.15, 0.2) is 5.78 Å². The van der Waals surface area contributed by atoms with Crippen LogP contribution in [0.2, 0.25) is 0 Å². The van der Waals surface area contributed by atoms with E-state index in [2.05, 4.69) is 15.4 Å². The number of carbonyl (C=O) groups excluding carboxylic acids is 1. The van der Waals surface area contributed by atoms with Crippen molar-refractivity contribution < 1.29 is 9.72 Å². The summed E-state index contributed by atoms with van der Waals surface area (Å²) in [5.41, 5.74) is 1.79. The van der Waals surface area contributed by atoms with Gasteiger partial charge in [0, 0.05) is 23.8 Å². The fourth-order valence-electron chi connectivity index (χ4n) is 3.27. The lowest BCUT2D eigenvalue weighted by molar-refractivity contribution is -0.385. The van der Waals surface area contributed by atoms with Gasteiger partial charge < -0.3 is 5.32 Å². The number of anilines is 1. The van der Waals surface area contributed by atoms with E-state index < -0.39 is 11.0 Å². The van der Waals surface area contributed by atoms with Crippen LogP contribution in [0.15, 0.2) is 41.9 Å². The molecule has 0 radical (unpaired) electrons. The number of nitro benzene ring substituents is 1. The molecule has 0 amide bonds. The summed E-state index contributed by atoms with van der Waals surface area (Å²) >= 11 is 0. The van der Waals surface area contributed by atoms with E-state index in [1.807, 2.05) is 0 Å². The lowest BCUT2D eigenvalue weighted by atomic mass is 9.85. The Kier molecular flexibility index (Phi) is 2.97.